The van der Waals surface area contributed by atoms with E-state index >= 15 is 0 Å². The van der Waals surface area contributed by atoms with Gasteiger partial charge in [-0.2, -0.15) is 5.10 Å². The fourth-order valence-corrected chi connectivity index (χ4v) is 4.22. The van der Waals surface area contributed by atoms with Crippen LogP contribution in [-0.4, -0.2) is 47.6 Å². The molecule has 0 bridgehead atoms. The largest absolute Gasteiger partial charge is 0.507 e. The van der Waals surface area contributed by atoms with Crippen molar-refractivity contribution in [3.63, 3.8) is 0 Å². The van der Waals surface area contributed by atoms with Crippen LogP contribution in [0.15, 0.2) is 48.6 Å². The number of amides is 1. The predicted octanol–water partition coefficient (Wildman–Crippen LogP) is 2.88. The maximum atomic E-state index is 14.8. The summed E-state index contributed by atoms with van der Waals surface area (Å²) in [6.07, 6.45) is 5.65. The van der Waals surface area contributed by atoms with Gasteiger partial charge in [0.05, 0.1) is 29.2 Å². The van der Waals surface area contributed by atoms with Crippen LogP contribution in [0.4, 0.5) is 4.39 Å². The van der Waals surface area contributed by atoms with E-state index in [2.05, 4.69) is 10.1 Å². The van der Waals surface area contributed by atoms with Gasteiger partial charge in [-0.05, 0) is 26.3 Å². The maximum Gasteiger partial charge on any atom is 0.295 e. The van der Waals surface area contributed by atoms with Gasteiger partial charge in [0.15, 0.2) is 0 Å². The van der Waals surface area contributed by atoms with Crippen molar-refractivity contribution in [2.75, 3.05) is 6.54 Å². The van der Waals surface area contributed by atoms with Gasteiger partial charge in [-0.15, -0.1) is 0 Å². The van der Waals surface area contributed by atoms with Crippen LogP contribution >= 0.6 is 0 Å². The Hall–Kier alpha value is -3.75. The lowest BCUT2D eigenvalue weighted by molar-refractivity contribution is -0.140. The molecule has 1 aromatic carbocycles. The number of carbonyl (C=O) groups is 2. The number of likely N-dealkylation sites (tertiary alicyclic amines) is 1. The molecule has 1 aliphatic heterocycles. The molecule has 1 fully saturated rings. The van der Waals surface area contributed by atoms with Crippen molar-refractivity contribution >= 4 is 17.4 Å². The average Bonchev–Trinajstić information content (AvgIpc) is 3.42. The van der Waals surface area contributed by atoms with Gasteiger partial charge in [-0.3, -0.25) is 14.3 Å². The number of aliphatic hydroxyl groups excluding tert-OH is 1. The van der Waals surface area contributed by atoms with Crippen LogP contribution in [0.1, 0.15) is 35.0 Å². The molecule has 8 nitrogen and oxygen atoms in total. The van der Waals surface area contributed by atoms with Gasteiger partial charge in [-0.25, -0.2) is 9.37 Å². The predicted molar refractivity (Wildman–Crippen MR) is 115 cm³/mol. The third kappa shape index (κ3) is 3.59. The number of rotatable bonds is 6. The lowest BCUT2D eigenvalue weighted by atomic mass is 9.94. The van der Waals surface area contributed by atoms with Crippen LogP contribution < -0.4 is 0 Å². The molecule has 32 heavy (non-hydrogen) atoms. The zero-order valence-corrected chi connectivity index (χ0v) is 18.1. The molecule has 1 saturated heterocycles. The van der Waals surface area contributed by atoms with E-state index < -0.39 is 23.5 Å². The summed E-state index contributed by atoms with van der Waals surface area (Å²) in [5.41, 5.74) is 1.57. The molecule has 4 rings (SSSR count). The number of hydrogen-bond donors (Lipinski definition) is 1. The molecule has 2 aromatic heterocycles. The molecule has 1 amide bonds. The third-order valence-corrected chi connectivity index (χ3v) is 5.86. The van der Waals surface area contributed by atoms with E-state index in [4.69, 9.17) is 0 Å². The number of aliphatic hydroxyl groups is 1. The van der Waals surface area contributed by atoms with Gasteiger partial charge < -0.3 is 14.6 Å². The first-order valence-electron chi connectivity index (χ1n) is 10.3. The van der Waals surface area contributed by atoms with E-state index in [0.717, 1.165) is 0 Å². The van der Waals surface area contributed by atoms with Crippen LogP contribution in [0, 0.1) is 19.7 Å². The van der Waals surface area contributed by atoms with Crippen molar-refractivity contribution in [1.82, 2.24) is 24.2 Å². The highest BCUT2D eigenvalue weighted by Gasteiger charge is 2.47. The molecular formula is C23H24FN5O3. The first-order valence-corrected chi connectivity index (χ1v) is 10.3. The van der Waals surface area contributed by atoms with Gasteiger partial charge in [-0.1, -0.05) is 18.2 Å². The van der Waals surface area contributed by atoms with Crippen molar-refractivity contribution in [2.24, 2.45) is 7.05 Å². The minimum absolute atomic E-state index is 0.123. The van der Waals surface area contributed by atoms with Gasteiger partial charge in [0, 0.05) is 43.8 Å². The van der Waals surface area contributed by atoms with Gasteiger partial charge in [0.1, 0.15) is 11.6 Å². The second kappa shape index (κ2) is 8.41. The Morgan fingerprint density at radius 1 is 1.19 bits per heavy atom. The Morgan fingerprint density at radius 3 is 2.56 bits per heavy atom. The highest BCUT2D eigenvalue weighted by molar-refractivity contribution is 6.46. The SMILES string of the molecule is Cc1nn(C)c(C)c1/C(O)=C1\C(=O)C(=O)N(CCCn2ccnc2)[C@H]1c1ccccc1F. The molecule has 1 N–H and O–H groups in total. The summed E-state index contributed by atoms with van der Waals surface area (Å²) < 4.78 is 18.3. The molecule has 3 heterocycles. The number of hydrogen-bond acceptors (Lipinski definition) is 5. The Kier molecular flexibility index (Phi) is 5.65. The summed E-state index contributed by atoms with van der Waals surface area (Å²) in [5.74, 6) is -2.48. The number of carbonyl (C=O) groups excluding carboxylic acids is 2. The second-order valence-electron chi connectivity index (χ2n) is 7.84. The standard InChI is InChI=1S/C23H24FN5O3/c1-14-18(15(2)27(3)26-14)21(30)19-20(16-7-4-5-8-17(16)24)29(23(32)22(19)31)11-6-10-28-12-9-25-13-28/h4-5,7-9,12-13,20,30H,6,10-11H2,1-3H3/b21-19+/t20-/m0/s1. The van der Waals surface area contributed by atoms with Crippen LogP contribution in [0.3, 0.4) is 0 Å². The van der Waals surface area contributed by atoms with E-state index in [1.165, 1.54) is 17.0 Å². The molecule has 1 aliphatic rings. The Morgan fingerprint density at radius 2 is 1.94 bits per heavy atom. The Balaban J connectivity index is 1.80. The molecule has 0 saturated carbocycles. The van der Waals surface area contributed by atoms with Crippen molar-refractivity contribution in [3.05, 3.63) is 76.9 Å². The van der Waals surface area contributed by atoms with E-state index in [1.807, 2.05) is 4.57 Å². The number of halogens is 1. The lowest BCUT2D eigenvalue weighted by Crippen LogP contribution is -2.31. The molecule has 0 aliphatic carbocycles. The molecular weight excluding hydrogens is 413 g/mol. The average molecular weight is 437 g/mol. The summed E-state index contributed by atoms with van der Waals surface area (Å²) in [4.78, 5) is 31.4. The van der Waals surface area contributed by atoms with Gasteiger partial charge in [0.2, 0.25) is 0 Å². The summed E-state index contributed by atoms with van der Waals surface area (Å²) in [7, 11) is 1.72. The van der Waals surface area contributed by atoms with Crippen LogP contribution in [0.5, 0.6) is 0 Å². The molecule has 3 aromatic rings. The topological polar surface area (TPSA) is 93.2 Å². The quantitative estimate of drug-likeness (QED) is 0.364. The van der Waals surface area contributed by atoms with E-state index in [-0.39, 0.29) is 23.4 Å². The number of benzene rings is 1. The number of aryl methyl sites for hydroxylation is 3. The number of aromatic nitrogens is 4. The minimum atomic E-state index is -1.03. The number of nitrogens with zero attached hydrogens (tertiary/aromatic N) is 5. The summed E-state index contributed by atoms with van der Waals surface area (Å²) in [5, 5.41) is 15.5. The fraction of sp³-hybridized carbons (Fsp3) is 0.304. The first kappa shape index (κ1) is 21.5. The van der Waals surface area contributed by atoms with Crippen molar-refractivity contribution in [3.8, 4) is 0 Å². The fourth-order valence-electron chi connectivity index (χ4n) is 4.22. The summed E-state index contributed by atoms with van der Waals surface area (Å²) in [6, 6.07) is 4.97. The second-order valence-corrected chi connectivity index (χ2v) is 7.84. The van der Waals surface area contributed by atoms with Crippen molar-refractivity contribution in [1.29, 1.82) is 0 Å². The van der Waals surface area contributed by atoms with Gasteiger partial charge in [0.25, 0.3) is 11.7 Å². The lowest BCUT2D eigenvalue weighted by Gasteiger charge is -2.25. The molecule has 0 spiro atoms. The molecule has 9 heteroatoms. The number of Topliss-reactive ketones (excluding diaryl/α,β-unsaturated/α-hetero) is 1. The first-order chi connectivity index (χ1) is 15.3. The number of ketones is 1. The zero-order chi connectivity index (χ0) is 23.0. The monoisotopic (exact) mass is 437 g/mol. The zero-order valence-electron chi connectivity index (χ0n) is 18.1. The van der Waals surface area contributed by atoms with Crippen molar-refractivity contribution in [2.45, 2.75) is 32.9 Å². The minimum Gasteiger partial charge on any atom is -0.507 e. The smallest absolute Gasteiger partial charge is 0.295 e. The third-order valence-electron chi connectivity index (χ3n) is 5.86. The molecule has 1 atom stereocenters. The molecule has 0 radical (unpaired) electrons. The molecule has 166 valence electrons. The Labute approximate surface area is 184 Å². The highest BCUT2D eigenvalue weighted by Crippen LogP contribution is 2.41. The van der Waals surface area contributed by atoms with E-state index in [1.54, 1.807) is 56.4 Å². The number of imidazole rings is 1. The van der Waals surface area contributed by atoms with Crippen LogP contribution in [0.2, 0.25) is 0 Å². The molecule has 0 unspecified atom stereocenters. The van der Waals surface area contributed by atoms with E-state index in [9.17, 15) is 19.1 Å². The van der Waals surface area contributed by atoms with Gasteiger partial charge >= 0.3 is 0 Å². The summed E-state index contributed by atoms with van der Waals surface area (Å²) in [6.45, 7) is 4.26. The van der Waals surface area contributed by atoms with E-state index in [0.29, 0.717) is 29.9 Å². The van der Waals surface area contributed by atoms with Crippen molar-refractivity contribution < 1.29 is 19.1 Å². The highest BCUT2D eigenvalue weighted by atomic mass is 19.1. The van der Waals surface area contributed by atoms with Crippen LogP contribution in [-0.2, 0) is 23.2 Å². The summed E-state index contributed by atoms with van der Waals surface area (Å²) >= 11 is 0. The Bertz CT molecular complexity index is 1210. The maximum absolute atomic E-state index is 14.8. The van der Waals surface area contributed by atoms with Crippen LogP contribution in [0.25, 0.3) is 5.76 Å². The normalized spacial score (nSPS) is 18.0.